The maximum Gasteiger partial charge on any atom is 0.246 e. The molecule has 6 heteroatoms. The molecule has 1 aromatic rings. The molecule has 0 bridgehead atoms. The number of halogens is 1. The second-order valence-corrected chi connectivity index (χ2v) is 4.66. The summed E-state index contributed by atoms with van der Waals surface area (Å²) in [5.74, 6) is -0.395. The van der Waals surface area contributed by atoms with Gasteiger partial charge in [0.2, 0.25) is 11.8 Å². The van der Waals surface area contributed by atoms with Crippen LogP contribution >= 0.6 is 12.4 Å². The van der Waals surface area contributed by atoms with Crippen LogP contribution in [0.1, 0.15) is 26.7 Å². The van der Waals surface area contributed by atoms with Gasteiger partial charge in [0.05, 0.1) is 0 Å². The zero-order chi connectivity index (χ0) is 14.3. The molecule has 4 N–H and O–H groups in total. The molecule has 0 aliphatic heterocycles. The molecule has 112 valence electrons. The third-order valence-electron chi connectivity index (χ3n) is 2.64. The number of benzene rings is 1. The number of para-hydroxylation sites is 1. The Hall–Kier alpha value is -1.59. The molecule has 2 unspecified atom stereocenters. The summed E-state index contributed by atoms with van der Waals surface area (Å²) in [4.78, 5) is 23.4. The zero-order valence-electron chi connectivity index (χ0n) is 11.8. The van der Waals surface area contributed by atoms with Gasteiger partial charge in [0.1, 0.15) is 6.04 Å². The van der Waals surface area contributed by atoms with Crippen molar-refractivity contribution in [3.8, 4) is 0 Å². The van der Waals surface area contributed by atoms with Crippen LogP contribution in [0.3, 0.4) is 0 Å². The highest BCUT2D eigenvalue weighted by molar-refractivity contribution is 5.96. The van der Waals surface area contributed by atoms with E-state index in [-0.39, 0.29) is 30.3 Å². The first kappa shape index (κ1) is 18.4. The van der Waals surface area contributed by atoms with Gasteiger partial charge in [-0.25, -0.2) is 0 Å². The molecule has 1 aromatic carbocycles. The molecule has 0 spiro atoms. The third kappa shape index (κ3) is 7.11. The van der Waals surface area contributed by atoms with E-state index in [0.717, 1.165) is 0 Å². The molecule has 0 aromatic heterocycles. The van der Waals surface area contributed by atoms with Crippen molar-refractivity contribution in [3.63, 3.8) is 0 Å². The van der Waals surface area contributed by atoms with Crippen LogP contribution in [-0.4, -0.2) is 23.9 Å². The number of carbonyl (C=O) groups excluding carboxylic acids is 2. The summed E-state index contributed by atoms with van der Waals surface area (Å²) in [5, 5.41) is 5.38. The van der Waals surface area contributed by atoms with E-state index in [1.165, 1.54) is 0 Å². The van der Waals surface area contributed by atoms with E-state index in [9.17, 15) is 9.59 Å². The molecule has 0 heterocycles. The first-order valence-corrected chi connectivity index (χ1v) is 6.40. The quantitative estimate of drug-likeness (QED) is 0.747. The molecule has 0 aliphatic carbocycles. The molecule has 0 saturated heterocycles. The van der Waals surface area contributed by atoms with Gasteiger partial charge in [0.25, 0.3) is 0 Å². The number of carbonyl (C=O) groups is 2. The Kier molecular flexibility index (Phi) is 8.59. The van der Waals surface area contributed by atoms with Gasteiger partial charge in [0.15, 0.2) is 0 Å². The number of anilines is 1. The molecule has 0 aliphatic rings. The average molecular weight is 300 g/mol. The monoisotopic (exact) mass is 299 g/mol. The predicted octanol–water partition coefficient (Wildman–Crippen LogP) is 1.68. The number of amides is 2. The summed E-state index contributed by atoms with van der Waals surface area (Å²) in [5.41, 5.74) is 6.29. The van der Waals surface area contributed by atoms with Crippen molar-refractivity contribution in [2.75, 3.05) is 5.32 Å². The minimum atomic E-state index is -0.569. The molecule has 1 rings (SSSR count). The summed E-state index contributed by atoms with van der Waals surface area (Å²) in [6, 6.07) is 8.54. The summed E-state index contributed by atoms with van der Waals surface area (Å²) < 4.78 is 0. The van der Waals surface area contributed by atoms with Crippen LogP contribution in [0.4, 0.5) is 5.69 Å². The third-order valence-corrected chi connectivity index (χ3v) is 2.64. The highest BCUT2D eigenvalue weighted by atomic mass is 35.5. The van der Waals surface area contributed by atoms with Gasteiger partial charge in [0, 0.05) is 18.2 Å². The minimum Gasteiger partial charge on any atom is -0.345 e. The SMILES string of the molecule is CC(N)CCC(=O)NC(C)C(=O)Nc1ccccc1.Cl. The van der Waals surface area contributed by atoms with Crippen molar-refractivity contribution < 1.29 is 9.59 Å². The average Bonchev–Trinajstić information content (AvgIpc) is 2.37. The van der Waals surface area contributed by atoms with E-state index in [4.69, 9.17) is 5.73 Å². The Balaban J connectivity index is 0.00000361. The lowest BCUT2D eigenvalue weighted by molar-refractivity contribution is -0.126. The molecule has 2 amide bonds. The van der Waals surface area contributed by atoms with Gasteiger partial charge in [-0.3, -0.25) is 9.59 Å². The Labute approximate surface area is 125 Å². The molecule has 0 fully saturated rings. The van der Waals surface area contributed by atoms with Crippen LogP contribution in [0, 0.1) is 0 Å². The Morgan fingerprint density at radius 3 is 2.35 bits per heavy atom. The number of hydrogen-bond donors (Lipinski definition) is 3. The lowest BCUT2D eigenvalue weighted by Gasteiger charge is -2.14. The lowest BCUT2D eigenvalue weighted by Crippen LogP contribution is -2.41. The highest BCUT2D eigenvalue weighted by Gasteiger charge is 2.15. The van der Waals surface area contributed by atoms with E-state index >= 15 is 0 Å². The van der Waals surface area contributed by atoms with Crippen LogP contribution in [0.15, 0.2) is 30.3 Å². The molecule has 0 radical (unpaired) electrons. The van der Waals surface area contributed by atoms with Crippen molar-refractivity contribution >= 4 is 29.9 Å². The molecule has 2 atom stereocenters. The van der Waals surface area contributed by atoms with Gasteiger partial charge in [-0.15, -0.1) is 12.4 Å². The standard InChI is InChI=1S/C14H21N3O2.ClH/c1-10(15)8-9-13(18)16-11(2)14(19)17-12-6-4-3-5-7-12;/h3-7,10-11H,8-9,15H2,1-2H3,(H,16,18)(H,17,19);1H. The number of nitrogens with two attached hydrogens (primary N) is 1. The van der Waals surface area contributed by atoms with Crippen LogP contribution in [0.5, 0.6) is 0 Å². The van der Waals surface area contributed by atoms with Crippen molar-refractivity contribution in [2.45, 2.75) is 38.8 Å². The fourth-order valence-electron chi connectivity index (χ4n) is 1.51. The Morgan fingerprint density at radius 1 is 1.20 bits per heavy atom. The topological polar surface area (TPSA) is 84.2 Å². The van der Waals surface area contributed by atoms with E-state index in [1.807, 2.05) is 25.1 Å². The molecule has 5 nitrogen and oxygen atoms in total. The van der Waals surface area contributed by atoms with Crippen molar-refractivity contribution in [1.29, 1.82) is 0 Å². The van der Waals surface area contributed by atoms with E-state index in [0.29, 0.717) is 18.5 Å². The number of hydrogen-bond acceptors (Lipinski definition) is 3. The fraction of sp³-hybridized carbons (Fsp3) is 0.429. The van der Waals surface area contributed by atoms with Crippen LogP contribution in [0.25, 0.3) is 0 Å². The van der Waals surface area contributed by atoms with Gasteiger partial charge in [-0.1, -0.05) is 18.2 Å². The van der Waals surface area contributed by atoms with E-state index in [1.54, 1.807) is 19.1 Å². The summed E-state index contributed by atoms with van der Waals surface area (Å²) in [7, 11) is 0. The summed E-state index contributed by atoms with van der Waals surface area (Å²) >= 11 is 0. The van der Waals surface area contributed by atoms with Crippen LogP contribution in [-0.2, 0) is 9.59 Å². The highest BCUT2D eigenvalue weighted by Crippen LogP contribution is 2.05. The normalized spacial score (nSPS) is 12.8. The summed E-state index contributed by atoms with van der Waals surface area (Å²) in [6.07, 6.45) is 0.944. The van der Waals surface area contributed by atoms with E-state index in [2.05, 4.69) is 10.6 Å². The second kappa shape index (κ2) is 9.34. The second-order valence-electron chi connectivity index (χ2n) is 4.66. The van der Waals surface area contributed by atoms with Gasteiger partial charge in [-0.05, 0) is 32.4 Å². The Morgan fingerprint density at radius 2 is 1.80 bits per heavy atom. The zero-order valence-corrected chi connectivity index (χ0v) is 12.6. The van der Waals surface area contributed by atoms with Crippen molar-refractivity contribution in [1.82, 2.24) is 5.32 Å². The minimum absolute atomic E-state index is 0. The first-order chi connectivity index (χ1) is 8.99. The fourth-order valence-corrected chi connectivity index (χ4v) is 1.51. The molecular formula is C14H22ClN3O2. The number of nitrogens with one attached hydrogen (secondary N) is 2. The molecule has 20 heavy (non-hydrogen) atoms. The largest absolute Gasteiger partial charge is 0.345 e. The molecule has 0 saturated carbocycles. The number of rotatable bonds is 6. The Bertz CT molecular complexity index is 424. The maximum atomic E-state index is 11.8. The molecular weight excluding hydrogens is 278 g/mol. The van der Waals surface area contributed by atoms with E-state index < -0.39 is 6.04 Å². The summed E-state index contributed by atoms with van der Waals surface area (Å²) in [6.45, 7) is 3.50. The van der Waals surface area contributed by atoms with Gasteiger partial charge >= 0.3 is 0 Å². The van der Waals surface area contributed by atoms with Crippen LogP contribution < -0.4 is 16.4 Å². The van der Waals surface area contributed by atoms with Crippen LogP contribution in [0.2, 0.25) is 0 Å². The lowest BCUT2D eigenvalue weighted by atomic mass is 10.2. The van der Waals surface area contributed by atoms with Crippen molar-refractivity contribution in [3.05, 3.63) is 30.3 Å². The first-order valence-electron chi connectivity index (χ1n) is 6.40. The van der Waals surface area contributed by atoms with Gasteiger partial charge < -0.3 is 16.4 Å². The van der Waals surface area contributed by atoms with Crippen molar-refractivity contribution in [2.24, 2.45) is 5.73 Å². The smallest absolute Gasteiger partial charge is 0.246 e. The maximum absolute atomic E-state index is 11.8. The van der Waals surface area contributed by atoms with Gasteiger partial charge in [-0.2, -0.15) is 0 Å². The predicted molar refractivity (Wildman–Crippen MR) is 82.8 cm³/mol.